The molecule has 0 spiro atoms. The Hall–Kier alpha value is -2.74. The molecule has 180 valence electrons. The summed E-state index contributed by atoms with van der Waals surface area (Å²) in [7, 11) is 0. The molecule has 0 radical (unpaired) electrons. The number of halogens is 1. The minimum absolute atomic E-state index is 0.213. The van der Waals surface area contributed by atoms with Crippen LogP contribution in [0.25, 0.3) is 10.2 Å². The molecule has 2 amide bonds. The van der Waals surface area contributed by atoms with E-state index in [1.54, 1.807) is 23.1 Å². The van der Waals surface area contributed by atoms with Crippen molar-refractivity contribution in [1.29, 1.82) is 0 Å². The van der Waals surface area contributed by atoms with Crippen LogP contribution >= 0.6 is 11.3 Å². The Morgan fingerprint density at radius 1 is 1.24 bits per heavy atom. The van der Waals surface area contributed by atoms with E-state index in [0.717, 1.165) is 35.7 Å². The van der Waals surface area contributed by atoms with Gasteiger partial charge in [-0.1, -0.05) is 32.9 Å². The van der Waals surface area contributed by atoms with E-state index < -0.39 is 5.82 Å². The first kappa shape index (κ1) is 23.0. The van der Waals surface area contributed by atoms with Crippen molar-refractivity contribution in [3.63, 3.8) is 0 Å². The highest BCUT2D eigenvalue weighted by Gasteiger charge is 2.29. The Bertz CT molecular complexity index is 1200. The zero-order chi connectivity index (χ0) is 23.8. The summed E-state index contributed by atoms with van der Waals surface area (Å²) in [6.45, 7) is 9.20. The Morgan fingerprint density at radius 3 is 2.74 bits per heavy atom. The number of benzene rings is 1. The number of fused-ring (bicyclic) bond motifs is 3. The maximum absolute atomic E-state index is 14.0. The van der Waals surface area contributed by atoms with Crippen molar-refractivity contribution < 1.29 is 9.18 Å². The Kier molecular flexibility index (Phi) is 6.42. The van der Waals surface area contributed by atoms with Gasteiger partial charge in [-0.2, -0.15) is 0 Å². The highest BCUT2D eigenvalue weighted by molar-refractivity contribution is 7.19. The monoisotopic (exact) mass is 481 g/mol. The van der Waals surface area contributed by atoms with E-state index in [4.69, 9.17) is 9.97 Å². The number of urea groups is 1. The first-order valence-electron chi connectivity index (χ1n) is 12.3. The van der Waals surface area contributed by atoms with Gasteiger partial charge in [0.25, 0.3) is 0 Å². The van der Waals surface area contributed by atoms with Crippen molar-refractivity contribution >= 4 is 39.1 Å². The Morgan fingerprint density at radius 2 is 2.00 bits per heavy atom. The lowest BCUT2D eigenvalue weighted by Crippen LogP contribution is -2.50. The van der Waals surface area contributed by atoms with Crippen LogP contribution in [0.15, 0.2) is 24.3 Å². The first-order chi connectivity index (χ1) is 16.4. The molecule has 3 heterocycles. The molecule has 1 aliphatic carbocycles. The summed E-state index contributed by atoms with van der Waals surface area (Å²) < 4.78 is 14.0. The third-order valence-electron chi connectivity index (χ3n) is 7.19. The highest BCUT2D eigenvalue weighted by Crippen LogP contribution is 2.42. The Labute approximate surface area is 204 Å². The van der Waals surface area contributed by atoms with E-state index in [-0.39, 0.29) is 11.7 Å². The fourth-order valence-corrected chi connectivity index (χ4v) is 6.23. The lowest BCUT2D eigenvalue weighted by Gasteiger charge is -2.36. The average molecular weight is 482 g/mol. The Balaban J connectivity index is 1.40. The lowest BCUT2D eigenvalue weighted by molar-refractivity contribution is 0.208. The smallest absolute Gasteiger partial charge is 0.322 e. The molecule has 1 saturated heterocycles. The number of hydrogen-bond donors (Lipinski definition) is 1. The van der Waals surface area contributed by atoms with Crippen molar-refractivity contribution in [2.45, 2.75) is 52.4 Å². The zero-order valence-corrected chi connectivity index (χ0v) is 20.9. The number of thiophene rings is 1. The number of rotatable bonds is 4. The predicted molar refractivity (Wildman–Crippen MR) is 137 cm³/mol. The van der Waals surface area contributed by atoms with Crippen molar-refractivity contribution in [1.82, 2.24) is 14.9 Å². The molecule has 8 heteroatoms. The van der Waals surface area contributed by atoms with Crippen LogP contribution in [0.3, 0.4) is 0 Å². The van der Waals surface area contributed by atoms with Crippen molar-refractivity contribution in [3.8, 4) is 0 Å². The molecule has 1 N–H and O–H groups in total. The van der Waals surface area contributed by atoms with E-state index >= 15 is 0 Å². The highest BCUT2D eigenvalue weighted by atomic mass is 32.1. The summed E-state index contributed by atoms with van der Waals surface area (Å²) in [4.78, 5) is 29.5. The van der Waals surface area contributed by atoms with Crippen LogP contribution in [-0.2, 0) is 12.8 Å². The van der Waals surface area contributed by atoms with Gasteiger partial charge in [0.15, 0.2) is 0 Å². The molecule has 2 atom stereocenters. The maximum Gasteiger partial charge on any atom is 0.322 e. The van der Waals surface area contributed by atoms with Crippen LogP contribution in [0.1, 0.15) is 55.8 Å². The van der Waals surface area contributed by atoms with Gasteiger partial charge in [0, 0.05) is 37.0 Å². The zero-order valence-electron chi connectivity index (χ0n) is 20.1. The number of aromatic nitrogens is 2. The van der Waals surface area contributed by atoms with Gasteiger partial charge in [-0.3, -0.25) is 0 Å². The molecule has 5 rings (SSSR count). The molecule has 0 unspecified atom stereocenters. The summed E-state index contributed by atoms with van der Waals surface area (Å²) in [6, 6.07) is 6.00. The van der Waals surface area contributed by atoms with Gasteiger partial charge in [0.1, 0.15) is 22.3 Å². The third kappa shape index (κ3) is 4.35. The first-order valence-corrected chi connectivity index (χ1v) is 13.1. The average Bonchev–Trinajstić information content (AvgIpc) is 3.21. The SMILES string of the molecule is CC[C@@H](C)c1nc(N2CCN(C(=O)Nc3ccccc3F)CC2)c2c3c(sc2n1)C[C@H](C)CC3. The quantitative estimate of drug-likeness (QED) is 0.510. The topological polar surface area (TPSA) is 61.4 Å². The van der Waals surface area contributed by atoms with Crippen molar-refractivity contribution in [3.05, 3.63) is 46.3 Å². The van der Waals surface area contributed by atoms with Gasteiger partial charge in [-0.05, 0) is 49.3 Å². The van der Waals surface area contributed by atoms with E-state index in [1.165, 1.54) is 28.3 Å². The van der Waals surface area contributed by atoms with Crippen molar-refractivity contribution in [2.75, 3.05) is 36.4 Å². The van der Waals surface area contributed by atoms with Crippen LogP contribution in [0.5, 0.6) is 0 Å². The summed E-state index contributed by atoms with van der Waals surface area (Å²) >= 11 is 1.84. The summed E-state index contributed by atoms with van der Waals surface area (Å²) in [6.07, 6.45) is 4.41. The minimum Gasteiger partial charge on any atom is -0.352 e. The van der Waals surface area contributed by atoms with Crippen LogP contribution in [0.2, 0.25) is 0 Å². The molecule has 3 aromatic rings. The van der Waals surface area contributed by atoms with Gasteiger partial charge >= 0.3 is 6.03 Å². The fraction of sp³-hybridized carbons (Fsp3) is 0.500. The largest absolute Gasteiger partial charge is 0.352 e. The van der Waals surface area contributed by atoms with E-state index in [2.05, 4.69) is 31.0 Å². The second-order valence-electron chi connectivity index (χ2n) is 9.63. The number of piperazine rings is 1. The molecule has 0 saturated carbocycles. The maximum atomic E-state index is 14.0. The molecule has 1 aromatic carbocycles. The molecule has 2 aromatic heterocycles. The molecule has 2 aliphatic rings. The van der Waals surface area contributed by atoms with Crippen LogP contribution in [-0.4, -0.2) is 47.1 Å². The number of amides is 2. The minimum atomic E-state index is -0.424. The van der Waals surface area contributed by atoms with Gasteiger partial charge in [-0.25, -0.2) is 19.2 Å². The number of para-hydroxylation sites is 1. The van der Waals surface area contributed by atoms with E-state index in [1.807, 2.05) is 11.3 Å². The van der Waals surface area contributed by atoms with Crippen LogP contribution in [0, 0.1) is 11.7 Å². The summed E-state index contributed by atoms with van der Waals surface area (Å²) in [5.41, 5.74) is 1.65. The van der Waals surface area contributed by atoms with E-state index in [0.29, 0.717) is 38.0 Å². The molecular weight excluding hydrogens is 449 g/mol. The number of nitrogens with zero attached hydrogens (tertiary/aromatic N) is 4. The van der Waals surface area contributed by atoms with Crippen molar-refractivity contribution in [2.24, 2.45) is 5.92 Å². The van der Waals surface area contributed by atoms with Crippen LogP contribution in [0.4, 0.5) is 20.7 Å². The van der Waals surface area contributed by atoms with Gasteiger partial charge in [-0.15, -0.1) is 11.3 Å². The van der Waals surface area contributed by atoms with Gasteiger partial charge in [0.2, 0.25) is 0 Å². The van der Waals surface area contributed by atoms with E-state index in [9.17, 15) is 9.18 Å². The second kappa shape index (κ2) is 9.49. The number of anilines is 2. The summed E-state index contributed by atoms with van der Waals surface area (Å²) in [5.74, 6) is 2.53. The standard InChI is InChI=1S/C26H32FN5OS/c1-4-17(3)23-29-24(22-18-10-9-16(2)15-21(18)34-25(22)30-23)31-11-13-32(14-12-31)26(33)28-20-8-6-5-7-19(20)27/h5-8,16-17H,4,9-15H2,1-3H3,(H,28,33)/t16-,17-/m1/s1. The lowest BCUT2D eigenvalue weighted by atomic mass is 9.89. The van der Waals surface area contributed by atoms with Gasteiger partial charge in [0.05, 0.1) is 11.1 Å². The summed E-state index contributed by atoms with van der Waals surface area (Å²) in [5, 5.41) is 3.93. The number of aryl methyl sites for hydroxylation is 1. The number of hydrogen-bond acceptors (Lipinski definition) is 5. The molecule has 1 aliphatic heterocycles. The van der Waals surface area contributed by atoms with Crippen LogP contribution < -0.4 is 10.2 Å². The number of carbonyl (C=O) groups is 1. The molecule has 1 fully saturated rings. The fourth-order valence-electron chi connectivity index (χ4n) is 4.85. The third-order valence-corrected chi connectivity index (χ3v) is 8.34. The number of carbonyl (C=O) groups excluding carboxylic acids is 1. The molecule has 34 heavy (non-hydrogen) atoms. The molecular formula is C26H32FN5OS. The normalized spacial score (nSPS) is 19.2. The van der Waals surface area contributed by atoms with Gasteiger partial charge < -0.3 is 15.1 Å². The number of nitrogens with one attached hydrogen (secondary N) is 1. The molecule has 0 bridgehead atoms. The second-order valence-corrected chi connectivity index (χ2v) is 10.7. The predicted octanol–water partition coefficient (Wildman–Crippen LogP) is 5.82. The molecule has 6 nitrogen and oxygen atoms in total.